The van der Waals surface area contributed by atoms with Crippen LogP contribution in [0.1, 0.15) is 61.7 Å². The van der Waals surface area contributed by atoms with E-state index >= 15 is 0 Å². The molecule has 1 aromatic heterocycles. The van der Waals surface area contributed by atoms with Crippen LogP contribution in [-0.4, -0.2) is 0 Å². The lowest BCUT2D eigenvalue weighted by atomic mass is 9.83. The molecule has 0 radical (unpaired) electrons. The molecule has 1 aromatic rings. The number of furan rings is 1. The first-order valence-corrected chi connectivity index (χ1v) is 6.73. The highest BCUT2D eigenvalue weighted by atomic mass is 16.3. The van der Waals surface area contributed by atoms with Crippen LogP contribution >= 0.6 is 0 Å². The summed E-state index contributed by atoms with van der Waals surface area (Å²) < 4.78 is 5.59. The van der Waals surface area contributed by atoms with E-state index in [1.54, 1.807) is 0 Å². The molecule has 1 atom stereocenters. The van der Waals surface area contributed by atoms with Crippen molar-refractivity contribution in [1.29, 1.82) is 0 Å². The second-order valence-corrected chi connectivity index (χ2v) is 5.33. The number of hydrogen-bond acceptors (Lipinski definition) is 3. The van der Waals surface area contributed by atoms with Gasteiger partial charge < -0.3 is 4.42 Å². The average Bonchev–Trinajstić information content (AvgIpc) is 2.67. The van der Waals surface area contributed by atoms with Gasteiger partial charge in [-0.2, -0.15) is 0 Å². The first kappa shape index (κ1) is 12.7. The number of rotatable bonds is 4. The molecule has 1 saturated carbocycles. The molecular formula is C14H24N2O. The number of hydrogen-bond donors (Lipinski definition) is 2. The van der Waals surface area contributed by atoms with E-state index in [4.69, 9.17) is 10.3 Å². The molecule has 1 aliphatic carbocycles. The van der Waals surface area contributed by atoms with Crippen molar-refractivity contribution in [3.63, 3.8) is 0 Å². The Bertz CT molecular complexity index is 353. The zero-order valence-electron chi connectivity index (χ0n) is 11.0. The van der Waals surface area contributed by atoms with Crippen molar-refractivity contribution >= 4 is 0 Å². The fourth-order valence-electron chi connectivity index (χ4n) is 3.04. The van der Waals surface area contributed by atoms with Crippen LogP contribution in [0.2, 0.25) is 0 Å². The maximum atomic E-state index is 5.71. The lowest BCUT2D eigenvalue weighted by molar-refractivity contribution is 0.299. The first-order valence-electron chi connectivity index (χ1n) is 6.73. The molecule has 0 aliphatic heterocycles. The molecule has 1 aliphatic rings. The van der Waals surface area contributed by atoms with Crippen molar-refractivity contribution in [3.05, 3.63) is 23.2 Å². The Hall–Kier alpha value is -0.800. The molecular weight excluding hydrogens is 212 g/mol. The topological polar surface area (TPSA) is 51.2 Å². The molecule has 0 saturated heterocycles. The lowest BCUT2D eigenvalue weighted by Crippen LogP contribution is -2.30. The van der Waals surface area contributed by atoms with Gasteiger partial charge in [0.05, 0.1) is 0 Å². The van der Waals surface area contributed by atoms with Crippen molar-refractivity contribution in [3.8, 4) is 0 Å². The highest BCUT2D eigenvalue weighted by Crippen LogP contribution is 2.33. The van der Waals surface area contributed by atoms with Gasteiger partial charge in [-0.05, 0) is 32.3 Å². The summed E-state index contributed by atoms with van der Waals surface area (Å²) in [6, 6.07) is 2.36. The normalized spacial score (nSPS) is 19.5. The van der Waals surface area contributed by atoms with E-state index in [1.807, 2.05) is 13.8 Å². The Morgan fingerprint density at radius 1 is 1.35 bits per heavy atom. The number of aryl methyl sites for hydroxylation is 2. The van der Waals surface area contributed by atoms with Gasteiger partial charge >= 0.3 is 0 Å². The van der Waals surface area contributed by atoms with Gasteiger partial charge in [-0.15, -0.1) is 0 Å². The fourth-order valence-corrected chi connectivity index (χ4v) is 3.04. The molecule has 1 heterocycles. The van der Waals surface area contributed by atoms with Crippen LogP contribution in [0.4, 0.5) is 0 Å². The van der Waals surface area contributed by atoms with E-state index in [2.05, 4.69) is 11.5 Å². The van der Waals surface area contributed by atoms with Crippen molar-refractivity contribution in [1.82, 2.24) is 5.43 Å². The average molecular weight is 236 g/mol. The summed E-state index contributed by atoms with van der Waals surface area (Å²) in [5.74, 6) is 8.50. The predicted octanol–water partition coefficient (Wildman–Crippen LogP) is 3.37. The van der Waals surface area contributed by atoms with Crippen LogP contribution < -0.4 is 11.3 Å². The lowest BCUT2D eigenvalue weighted by Gasteiger charge is -2.26. The predicted molar refractivity (Wildman–Crippen MR) is 69.4 cm³/mol. The van der Waals surface area contributed by atoms with Gasteiger partial charge in [-0.25, -0.2) is 0 Å². The van der Waals surface area contributed by atoms with Crippen molar-refractivity contribution in [2.75, 3.05) is 0 Å². The van der Waals surface area contributed by atoms with E-state index in [0.29, 0.717) is 0 Å². The van der Waals surface area contributed by atoms with E-state index in [9.17, 15) is 0 Å². The minimum absolute atomic E-state index is 0.246. The van der Waals surface area contributed by atoms with Crippen LogP contribution in [0, 0.1) is 19.8 Å². The van der Waals surface area contributed by atoms with Gasteiger partial charge in [0.1, 0.15) is 11.5 Å². The van der Waals surface area contributed by atoms with Crippen molar-refractivity contribution < 1.29 is 4.42 Å². The molecule has 17 heavy (non-hydrogen) atoms. The van der Waals surface area contributed by atoms with Gasteiger partial charge in [0.25, 0.3) is 0 Å². The highest BCUT2D eigenvalue weighted by molar-refractivity contribution is 5.24. The van der Waals surface area contributed by atoms with Crippen LogP contribution in [0.5, 0.6) is 0 Å². The maximum Gasteiger partial charge on any atom is 0.105 e. The van der Waals surface area contributed by atoms with E-state index in [-0.39, 0.29) is 6.04 Å². The molecule has 0 aromatic carbocycles. The molecule has 2 rings (SSSR count). The van der Waals surface area contributed by atoms with Gasteiger partial charge in [0, 0.05) is 11.6 Å². The minimum Gasteiger partial charge on any atom is -0.466 e. The molecule has 0 bridgehead atoms. The molecule has 96 valence electrons. The summed E-state index contributed by atoms with van der Waals surface area (Å²) in [5, 5.41) is 0. The van der Waals surface area contributed by atoms with Crippen LogP contribution in [-0.2, 0) is 0 Å². The minimum atomic E-state index is 0.246. The number of hydrazine groups is 1. The van der Waals surface area contributed by atoms with Gasteiger partial charge in [0.2, 0.25) is 0 Å². The highest BCUT2D eigenvalue weighted by Gasteiger charge is 2.22. The third kappa shape index (κ3) is 3.11. The number of nitrogens with one attached hydrogen (secondary N) is 1. The maximum absolute atomic E-state index is 5.71. The zero-order valence-corrected chi connectivity index (χ0v) is 11.0. The molecule has 3 N–H and O–H groups in total. The molecule has 1 unspecified atom stereocenters. The third-order valence-electron chi connectivity index (χ3n) is 3.95. The molecule has 1 fully saturated rings. The van der Waals surface area contributed by atoms with Gasteiger partial charge in [-0.1, -0.05) is 32.1 Å². The van der Waals surface area contributed by atoms with E-state index < -0.39 is 0 Å². The summed E-state index contributed by atoms with van der Waals surface area (Å²) in [6.07, 6.45) is 8.01. The summed E-state index contributed by atoms with van der Waals surface area (Å²) in [4.78, 5) is 0. The SMILES string of the molecule is Cc1cc(C(CC2CCCCC2)NN)c(C)o1. The zero-order chi connectivity index (χ0) is 12.3. The van der Waals surface area contributed by atoms with Crippen molar-refractivity contribution in [2.45, 2.75) is 58.4 Å². The van der Waals surface area contributed by atoms with Crippen LogP contribution in [0.25, 0.3) is 0 Å². The molecule has 0 spiro atoms. The number of nitrogens with two attached hydrogens (primary N) is 1. The third-order valence-corrected chi connectivity index (χ3v) is 3.95. The Kier molecular flexibility index (Phi) is 4.24. The Labute approximate surface area is 104 Å². The van der Waals surface area contributed by atoms with Gasteiger partial charge in [0.15, 0.2) is 0 Å². The van der Waals surface area contributed by atoms with Crippen LogP contribution in [0.15, 0.2) is 10.5 Å². The molecule has 3 heteroatoms. The Balaban J connectivity index is 2.02. The summed E-state index contributed by atoms with van der Waals surface area (Å²) in [5.41, 5.74) is 4.19. The second kappa shape index (κ2) is 5.69. The van der Waals surface area contributed by atoms with Crippen molar-refractivity contribution in [2.24, 2.45) is 11.8 Å². The first-order chi connectivity index (χ1) is 8.20. The van der Waals surface area contributed by atoms with Gasteiger partial charge in [-0.3, -0.25) is 11.3 Å². The Morgan fingerprint density at radius 3 is 2.59 bits per heavy atom. The standard InChI is InChI=1S/C14H24N2O/c1-10-8-13(11(2)17-10)14(16-15)9-12-6-4-3-5-7-12/h8,12,14,16H,3-7,9,15H2,1-2H3. The summed E-state index contributed by atoms with van der Waals surface area (Å²) in [7, 11) is 0. The monoisotopic (exact) mass is 236 g/mol. The Morgan fingerprint density at radius 2 is 2.06 bits per heavy atom. The van der Waals surface area contributed by atoms with E-state index in [0.717, 1.165) is 23.9 Å². The second-order valence-electron chi connectivity index (χ2n) is 5.33. The molecule has 3 nitrogen and oxygen atoms in total. The van der Waals surface area contributed by atoms with E-state index in [1.165, 1.54) is 37.7 Å². The quantitative estimate of drug-likeness (QED) is 0.622. The smallest absolute Gasteiger partial charge is 0.105 e. The van der Waals surface area contributed by atoms with Crippen LogP contribution in [0.3, 0.4) is 0 Å². The largest absolute Gasteiger partial charge is 0.466 e. The fraction of sp³-hybridized carbons (Fsp3) is 0.714. The summed E-state index contributed by atoms with van der Waals surface area (Å²) in [6.45, 7) is 4.01. The molecule has 0 amide bonds. The summed E-state index contributed by atoms with van der Waals surface area (Å²) >= 11 is 0.